The van der Waals surface area contributed by atoms with Crippen LogP contribution < -0.4 is 5.32 Å². The molecule has 0 aliphatic carbocycles. The van der Waals surface area contributed by atoms with Gasteiger partial charge in [-0.25, -0.2) is 0 Å². The third-order valence-electron chi connectivity index (χ3n) is 3.26. The molecule has 5 heteroatoms. The summed E-state index contributed by atoms with van der Waals surface area (Å²) in [5.41, 5.74) is 0.559. The highest BCUT2D eigenvalue weighted by Crippen LogP contribution is 2.24. The van der Waals surface area contributed by atoms with E-state index in [-0.39, 0.29) is 11.7 Å². The summed E-state index contributed by atoms with van der Waals surface area (Å²) in [6.45, 7) is 6.44. The summed E-state index contributed by atoms with van der Waals surface area (Å²) in [6.07, 6.45) is 1.55. The molecule has 0 spiro atoms. The fourth-order valence-electron chi connectivity index (χ4n) is 1.94. The van der Waals surface area contributed by atoms with Gasteiger partial charge < -0.3 is 5.32 Å². The van der Waals surface area contributed by atoms with E-state index in [1.807, 2.05) is 13.8 Å². The number of Topliss-reactive ketones (excluding diaryl/α,β-unsaturated/α-hetero) is 1. The Hall–Kier alpha value is -0.870. The molecule has 88 valence electrons. The van der Waals surface area contributed by atoms with E-state index >= 15 is 0 Å². The second-order valence-electron chi connectivity index (χ2n) is 4.23. The maximum Gasteiger partial charge on any atom is 0.185 e. The number of rotatable bonds is 4. The number of hydrogen-bond acceptors (Lipinski definition) is 3. The summed E-state index contributed by atoms with van der Waals surface area (Å²) in [5.74, 6) is 0.556. The lowest BCUT2D eigenvalue weighted by Gasteiger charge is -2.31. The molecule has 0 aromatic carbocycles. The highest BCUT2D eigenvalue weighted by molar-refractivity contribution is 6.33. The molecule has 2 heterocycles. The van der Waals surface area contributed by atoms with E-state index < -0.39 is 0 Å². The standard InChI is InChI=1S/C11H16ClN3O/c1-3-15-10(9(12)6-14-15)11(16)7(2)8-4-13-5-8/h6-8,13H,3-5H2,1-2H3. The van der Waals surface area contributed by atoms with E-state index in [4.69, 9.17) is 11.6 Å². The van der Waals surface area contributed by atoms with E-state index in [9.17, 15) is 4.79 Å². The Morgan fingerprint density at radius 3 is 2.94 bits per heavy atom. The number of halogens is 1. The lowest BCUT2D eigenvalue weighted by molar-refractivity contribution is 0.0843. The fraction of sp³-hybridized carbons (Fsp3) is 0.636. The lowest BCUT2D eigenvalue weighted by Crippen LogP contribution is -2.47. The van der Waals surface area contributed by atoms with Crippen LogP contribution in [0.5, 0.6) is 0 Å². The number of aryl methyl sites for hydroxylation is 1. The van der Waals surface area contributed by atoms with Gasteiger partial charge in [0.05, 0.1) is 11.2 Å². The highest BCUT2D eigenvalue weighted by Gasteiger charge is 2.31. The number of nitrogens with zero attached hydrogens (tertiary/aromatic N) is 2. The number of carbonyl (C=O) groups is 1. The first-order valence-corrected chi connectivity index (χ1v) is 5.99. The lowest BCUT2D eigenvalue weighted by atomic mass is 9.85. The van der Waals surface area contributed by atoms with E-state index in [1.54, 1.807) is 10.9 Å². The van der Waals surface area contributed by atoms with Gasteiger partial charge in [-0.1, -0.05) is 18.5 Å². The molecule has 1 unspecified atom stereocenters. The zero-order valence-corrected chi connectivity index (χ0v) is 10.3. The van der Waals surface area contributed by atoms with E-state index in [1.165, 1.54) is 0 Å². The van der Waals surface area contributed by atoms with Crippen LogP contribution in [0.3, 0.4) is 0 Å². The van der Waals surface area contributed by atoms with Crippen molar-refractivity contribution in [2.24, 2.45) is 11.8 Å². The van der Waals surface area contributed by atoms with Crippen molar-refractivity contribution in [3.8, 4) is 0 Å². The summed E-state index contributed by atoms with van der Waals surface area (Å²) in [5, 5.41) is 7.73. The van der Waals surface area contributed by atoms with Gasteiger partial charge in [-0.2, -0.15) is 5.10 Å². The number of hydrogen-bond donors (Lipinski definition) is 1. The molecule has 2 rings (SSSR count). The van der Waals surface area contributed by atoms with Crippen LogP contribution >= 0.6 is 11.6 Å². The van der Waals surface area contributed by atoms with Crippen molar-refractivity contribution in [3.63, 3.8) is 0 Å². The minimum Gasteiger partial charge on any atom is -0.316 e. The first-order valence-electron chi connectivity index (χ1n) is 5.61. The van der Waals surface area contributed by atoms with Crippen molar-refractivity contribution >= 4 is 17.4 Å². The van der Waals surface area contributed by atoms with Gasteiger partial charge in [0.25, 0.3) is 0 Å². The maximum atomic E-state index is 12.3. The van der Waals surface area contributed by atoms with Gasteiger partial charge in [0, 0.05) is 12.5 Å². The zero-order chi connectivity index (χ0) is 11.7. The largest absolute Gasteiger partial charge is 0.316 e. The molecule has 0 bridgehead atoms. The zero-order valence-electron chi connectivity index (χ0n) is 9.53. The minimum atomic E-state index is 0.0146. The van der Waals surface area contributed by atoms with Crippen LogP contribution in [0, 0.1) is 11.8 Å². The molecule has 1 aromatic heterocycles. The molecule has 0 radical (unpaired) electrons. The number of nitrogens with one attached hydrogen (secondary N) is 1. The molecule has 0 amide bonds. The highest BCUT2D eigenvalue weighted by atomic mass is 35.5. The molecule has 0 saturated carbocycles. The number of ketones is 1. The predicted molar refractivity (Wildman–Crippen MR) is 62.8 cm³/mol. The molecule has 1 fully saturated rings. The van der Waals surface area contributed by atoms with Gasteiger partial charge >= 0.3 is 0 Å². The van der Waals surface area contributed by atoms with Crippen molar-refractivity contribution in [2.75, 3.05) is 13.1 Å². The molecular formula is C11H16ClN3O. The molecule has 1 N–H and O–H groups in total. The van der Waals surface area contributed by atoms with E-state index in [0.717, 1.165) is 13.1 Å². The van der Waals surface area contributed by atoms with Gasteiger partial charge in [-0.3, -0.25) is 9.48 Å². The molecule has 1 saturated heterocycles. The third kappa shape index (κ3) is 1.87. The number of aromatic nitrogens is 2. The SMILES string of the molecule is CCn1ncc(Cl)c1C(=O)C(C)C1CNC1. The van der Waals surface area contributed by atoms with Crippen LogP contribution in [0.2, 0.25) is 5.02 Å². The monoisotopic (exact) mass is 241 g/mol. The third-order valence-corrected chi connectivity index (χ3v) is 3.54. The maximum absolute atomic E-state index is 12.3. The van der Waals surface area contributed by atoms with Crippen LogP contribution in [-0.4, -0.2) is 28.7 Å². The van der Waals surface area contributed by atoms with Crippen LogP contribution in [0.1, 0.15) is 24.3 Å². The average molecular weight is 242 g/mol. The first-order chi connectivity index (χ1) is 7.65. The molecule has 1 aliphatic rings. The summed E-state index contributed by atoms with van der Waals surface area (Å²) in [7, 11) is 0. The van der Waals surface area contributed by atoms with E-state index in [0.29, 0.717) is 23.2 Å². The molecular weight excluding hydrogens is 226 g/mol. The molecule has 4 nitrogen and oxygen atoms in total. The number of carbonyl (C=O) groups excluding carboxylic acids is 1. The normalized spacial score (nSPS) is 18.2. The Balaban J connectivity index is 2.21. The Kier molecular flexibility index (Phi) is 3.30. The van der Waals surface area contributed by atoms with Gasteiger partial charge in [-0.15, -0.1) is 0 Å². The van der Waals surface area contributed by atoms with Crippen LogP contribution in [0.25, 0.3) is 0 Å². The Morgan fingerprint density at radius 1 is 1.75 bits per heavy atom. The van der Waals surface area contributed by atoms with Gasteiger partial charge in [-0.05, 0) is 25.9 Å². The first kappa shape index (κ1) is 11.6. The molecule has 16 heavy (non-hydrogen) atoms. The molecule has 1 aromatic rings. The minimum absolute atomic E-state index is 0.0146. The van der Waals surface area contributed by atoms with Crippen molar-refractivity contribution in [2.45, 2.75) is 20.4 Å². The van der Waals surface area contributed by atoms with Crippen molar-refractivity contribution in [1.29, 1.82) is 0 Å². The quantitative estimate of drug-likeness (QED) is 0.815. The van der Waals surface area contributed by atoms with Crippen LogP contribution in [0.15, 0.2) is 6.20 Å². The second-order valence-corrected chi connectivity index (χ2v) is 4.64. The summed E-state index contributed by atoms with van der Waals surface area (Å²) < 4.78 is 1.67. The van der Waals surface area contributed by atoms with Gasteiger partial charge in [0.2, 0.25) is 0 Å². The fourth-order valence-corrected chi connectivity index (χ4v) is 2.18. The Morgan fingerprint density at radius 2 is 2.44 bits per heavy atom. The second kappa shape index (κ2) is 4.55. The summed E-state index contributed by atoms with van der Waals surface area (Å²) >= 11 is 6.01. The molecule has 1 atom stereocenters. The van der Waals surface area contributed by atoms with E-state index in [2.05, 4.69) is 10.4 Å². The molecule has 1 aliphatic heterocycles. The topological polar surface area (TPSA) is 46.9 Å². The van der Waals surface area contributed by atoms with Crippen LogP contribution in [-0.2, 0) is 6.54 Å². The van der Waals surface area contributed by atoms with Crippen LogP contribution in [0.4, 0.5) is 0 Å². The Bertz CT molecular complexity index is 398. The van der Waals surface area contributed by atoms with Crippen molar-refractivity contribution in [3.05, 3.63) is 16.9 Å². The smallest absolute Gasteiger partial charge is 0.185 e. The predicted octanol–water partition coefficient (Wildman–Crippen LogP) is 1.59. The van der Waals surface area contributed by atoms with Crippen molar-refractivity contribution in [1.82, 2.24) is 15.1 Å². The summed E-state index contributed by atoms with van der Waals surface area (Å²) in [4.78, 5) is 12.3. The van der Waals surface area contributed by atoms with Gasteiger partial charge in [0.15, 0.2) is 5.78 Å². The van der Waals surface area contributed by atoms with Crippen molar-refractivity contribution < 1.29 is 4.79 Å². The van der Waals surface area contributed by atoms with Gasteiger partial charge in [0.1, 0.15) is 5.69 Å². The Labute approximate surface area is 100.0 Å². The summed E-state index contributed by atoms with van der Waals surface area (Å²) in [6, 6.07) is 0. The average Bonchev–Trinajstić information content (AvgIpc) is 2.55.